The topological polar surface area (TPSA) is 46.5 Å². The number of phenolic OH excluding ortho intramolecular Hbond substituents is 1. The molecular formula is C26H18O3. The van der Waals surface area contributed by atoms with Crippen LogP contribution in [0.2, 0.25) is 0 Å². The van der Waals surface area contributed by atoms with Crippen molar-refractivity contribution < 1.29 is 14.6 Å². The normalized spacial score (nSPS) is 17.6. The molecule has 1 N–H and O–H groups in total. The first-order valence-electron chi connectivity index (χ1n) is 9.47. The van der Waals surface area contributed by atoms with Gasteiger partial charge in [0.1, 0.15) is 5.75 Å². The molecule has 1 atom stereocenters. The van der Waals surface area contributed by atoms with E-state index in [1.165, 1.54) is 0 Å². The Morgan fingerprint density at radius 3 is 1.86 bits per heavy atom. The van der Waals surface area contributed by atoms with Crippen molar-refractivity contribution in [2.24, 2.45) is 0 Å². The van der Waals surface area contributed by atoms with Gasteiger partial charge in [0.25, 0.3) is 0 Å². The molecule has 29 heavy (non-hydrogen) atoms. The Hall–Kier alpha value is -3.85. The number of hydrogen-bond donors (Lipinski definition) is 1. The number of aromatic hydroxyl groups is 1. The largest absolute Gasteiger partial charge is 0.508 e. The summed E-state index contributed by atoms with van der Waals surface area (Å²) < 4.78 is 6.08. The van der Waals surface area contributed by atoms with Gasteiger partial charge in [-0.3, -0.25) is 0 Å². The molecule has 1 aliphatic heterocycles. The number of rotatable bonds is 3. The molecule has 0 aromatic heterocycles. The molecule has 0 bridgehead atoms. The highest BCUT2D eigenvalue weighted by molar-refractivity contribution is 5.96. The molecule has 0 radical (unpaired) electrons. The average Bonchev–Trinajstić information content (AvgIpc) is 3.09. The molecule has 4 aromatic carbocycles. The fraction of sp³-hybridized carbons (Fsp3) is 0.0385. The van der Waals surface area contributed by atoms with Crippen LogP contribution in [0.15, 0.2) is 103 Å². The molecule has 0 saturated carbocycles. The maximum Gasteiger partial charge on any atom is 0.340 e. The minimum atomic E-state index is -0.970. The molecule has 3 nitrogen and oxygen atoms in total. The number of carbonyl (C=O) groups is 1. The van der Waals surface area contributed by atoms with Gasteiger partial charge in [-0.25, -0.2) is 4.79 Å². The summed E-state index contributed by atoms with van der Waals surface area (Å²) >= 11 is 0. The van der Waals surface area contributed by atoms with Gasteiger partial charge < -0.3 is 9.84 Å². The number of benzene rings is 4. The maximum atomic E-state index is 12.7. The van der Waals surface area contributed by atoms with Gasteiger partial charge in [-0.1, -0.05) is 84.9 Å². The molecule has 1 aliphatic rings. The van der Waals surface area contributed by atoms with Gasteiger partial charge in [-0.15, -0.1) is 0 Å². The SMILES string of the molecule is O=C1O[C@@](c2ccccc2)(c2ccc(-c3ccc(O)cc3)cc2)c2ccccc21. The highest BCUT2D eigenvalue weighted by Gasteiger charge is 2.48. The van der Waals surface area contributed by atoms with Crippen LogP contribution in [0.4, 0.5) is 0 Å². The van der Waals surface area contributed by atoms with Crippen LogP contribution in [-0.2, 0) is 10.3 Å². The van der Waals surface area contributed by atoms with Crippen molar-refractivity contribution in [1.82, 2.24) is 0 Å². The Labute approximate surface area is 168 Å². The first kappa shape index (κ1) is 17.3. The number of ether oxygens (including phenoxy) is 1. The van der Waals surface area contributed by atoms with Gasteiger partial charge in [0, 0.05) is 16.7 Å². The minimum absolute atomic E-state index is 0.239. The molecule has 0 unspecified atom stereocenters. The van der Waals surface area contributed by atoms with Crippen molar-refractivity contribution >= 4 is 5.97 Å². The van der Waals surface area contributed by atoms with E-state index < -0.39 is 5.60 Å². The third kappa shape index (κ3) is 2.71. The van der Waals surface area contributed by atoms with E-state index in [1.807, 2.05) is 91.0 Å². The summed E-state index contributed by atoms with van der Waals surface area (Å²) in [6, 6.07) is 32.5. The number of hydrogen-bond acceptors (Lipinski definition) is 3. The van der Waals surface area contributed by atoms with E-state index >= 15 is 0 Å². The number of esters is 1. The zero-order valence-electron chi connectivity index (χ0n) is 15.6. The zero-order valence-corrected chi connectivity index (χ0v) is 15.6. The van der Waals surface area contributed by atoms with E-state index in [0.717, 1.165) is 27.8 Å². The van der Waals surface area contributed by atoms with Crippen LogP contribution in [0, 0.1) is 0 Å². The highest BCUT2D eigenvalue weighted by atomic mass is 16.6. The van der Waals surface area contributed by atoms with Crippen LogP contribution in [0.5, 0.6) is 5.75 Å². The van der Waals surface area contributed by atoms with E-state index in [9.17, 15) is 9.90 Å². The number of fused-ring (bicyclic) bond motifs is 1. The first-order chi connectivity index (χ1) is 14.2. The maximum absolute atomic E-state index is 12.7. The lowest BCUT2D eigenvalue weighted by atomic mass is 9.79. The third-order valence-corrected chi connectivity index (χ3v) is 5.44. The zero-order chi connectivity index (χ0) is 19.8. The van der Waals surface area contributed by atoms with Crippen molar-refractivity contribution in [1.29, 1.82) is 0 Å². The Morgan fingerprint density at radius 1 is 0.621 bits per heavy atom. The van der Waals surface area contributed by atoms with E-state index in [1.54, 1.807) is 12.1 Å². The second kappa shape index (κ2) is 6.64. The van der Waals surface area contributed by atoms with Gasteiger partial charge >= 0.3 is 5.97 Å². The molecule has 5 rings (SSSR count). The summed E-state index contributed by atoms with van der Waals surface area (Å²) in [6.07, 6.45) is 0. The Morgan fingerprint density at radius 2 is 1.17 bits per heavy atom. The summed E-state index contributed by atoms with van der Waals surface area (Å²) in [7, 11) is 0. The lowest BCUT2D eigenvalue weighted by molar-refractivity contribution is 0.0251. The van der Waals surface area contributed by atoms with Crippen molar-refractivity contribution in [2.45, 2.75) is 5.60 Å². The summed E-state index contributed by atoms with van der Waals surface area (Å²) in [4.78, 5) is 12.7. The summed E-state index contributed by atoms with van der Waals surface area (Å²) in [5.41, 5.74) is 4.32. The minimum Gasteiger partial charge on any atom is -0.508 e. The molecule has 1 heterocycles. The summed E-state index contributed by atoms with van der Waals surface area (Å²) in [5.74, 6) is -0.0741. The van der Waals surface area contributed by atoms with Crippen molar-refractivity contribution in [3.63, 3.8) is 0 Å². The number of cyclic esters (lactones) is 1. The summed E-state index contributed by atoms with van der Waals surface area (Å²) in [5, 5.41) is 9.52. The van der Waals surface area contributed by atoms with E-state index in [0.29, 0.717) is 5.56 Å². The average molecular weight is 378 g/mol. The molecule has 3 heteroatoms. The second-order valence-electron chi connectivity index (χ2n) is 7.11. The number of phenols is 1. The van der Waals surface area contributed by atoms with E-state index in [4.69, 9.17) is 4.74 Å². The fourth-order valence-electron chi connectivity index (χ4n) is 4.04. The highest BCUT2D eigenvalue weighted by Crippen LogP contribution is 2.47. The molecule has 0 aliphatic carbocycles. The second-order valence-corrected chi connectivity index (χ2v) is 7.11. The standard InChI is InChI=1S/C26H18O3/c27-22-16-12-19(13-17-22)18-10-14-21(15-11-18)26(20-6-2-1-3-7-20)24-9-5-4-8-23(24)25(28)29-26/h1-17,27H/t26-/m0/s1. The molecule has 0 saturated heterocycles. The molecule has 0 amide bonds. The lowest BCUT2D eigenvalue weighted by Gasteiger charge is -2.30. The predicted molar refractivity (Wildman–Crippen MR) is 112 cm³/mol. The third-order valence-electron chi connectivity index (χ3n) is 5.44. The Bertz CT molecular complexity index is 1180. The van der Waals surface area contributed by atoms with Gasteiger partial charge in [-0.05, 0) is 29.3 Å². The Balaban J connectivity index is 1.68. The van der Waals surface area contributed by atoms with Gasteiger partial charge in [0.2, 0.25) is 0 Å². The molecule has 0 fully saturated rings. The monoisotopic (exact) mass is 378 g/mol. The van der Waals surface area contributed by atoms with Crippen LogP contribution in [0.25, 0.3) is 11.1 Å². The van der Waals surface area contributed by atoms with Crippen LogP contribution in [-0.4, -0.2) is 11.1 Å². The fourth-order valence-corrected chi connectivity index (χ4v) is 4.04. The van der Waals surface area contributed by atoms with Gasteiger partial charge in [-0.2, -0.15) is 0 Å². The Kier molecular flexibility index (Phi) is 3.95. The molecule has 0 spiro atoms. The first-order valence-corrected chi connectivity index (χ1v) is 9.47. The molecule has 140 valence electrons. The van der Waals surface area contributed by atoms with E-state index in [2.05, 4.69) is 0 Å². The van der Waals surface area contributed by atoms with Gasteiger partial charge in [0.05, 0.1) is 5.56 Å². The van der Waals surface area contributed by atoms with Crippen LogP contribution < -0.4 is 0 Å². The van der Waals surface area contributed by atoms with Crippen molar-refractivity contribution in [3.8, 4) is 16.9 Å². The predicted octanol–water partition coefficient (Wildman–Crippen LogP) is 5.52. The number of carbonyl (C=O) groups excluding carboxylic acids is 1. The van der Waals surface area contributed by atoms with Gasteiger partial charge in [0.15, 0.2) is 5.60 Å². The van der Waals surface area contributed by atoms with Crippen molar-refractivity contribution in [2.75, 3.05) is 0 Å². The molecule has 4 aromatic rings. The lowest BCUT2D eigenvalue weighted by Crippen LogP contribution is -2.29. The quantitative estimate of drug-likeness (QED) is 0.477. The smallest absolute Gasteiger partial charge is 0.340 e. The van der Waals surface area contributed by atoms with Crippen LogP contribution in [0.3, 0.4) is 0 Å². The van der Waals surface area contributed by atoms with Crippen LogP contribution in [0.1, 0.15) is 27.0 Å². The van der Waals surface area contributed by atoms with E-state index in [-0.39, 0.29) is 11.7 Å². The van der Waals surface area contributed by atoms with Crippen molar-refractivity contribution in [3.05, 3.63) is 125 Å². The van der Waals surface area contributed by atoms with Crippen LogP contribution >= 0.6 is 0 Å². The molecular weight excluding hydrogens is 360 g/mol. The summed E-state index contributed by atoms with van der Waals surface area (Å²) in [6.45, 7) is 0.